The molecule has 3 aliphatic rings. The van der Waals surface area contributed by atoms with Crippen molar-refractivity contribution >= 4 is 124 Å². The Morgan fingerprint density at radius 3 is 0.619 bits per heavy atom. The molecule has 0 atom stereocenters. The van der Waals surface area contributed by atoms with Crippen molar-refractivity contribution in [2.45, 2.75) is 115 Å². The zero-order chi connectivity index (χ0) is 30.4. The number of benzene rings is 2. The molecule has 234 valence electrons. The summed E-state index contributed by atoms with van der Waals surface area (Å²) in [7, 11) is 34.4. The van der Waals surface area contributed by atoms with Gasteiger partial charge in [-0.1, -0.05) is 0 Å². The minimum atomic E-state index is -1.63. The van der Waals surface area contributed by atoms with Crippen LogP contribution in [-0.4, -0.2) is 34.2 Å². The van der Waals surface area contributed by atoms with Crippen LogP contribution in [0.3, 0.4) is 0 Å². The summed E-state index contributed by atoms with van der Waals surface area (Å²) in [5.74, 6) is 6.27. The van der Waals surface area contributed by atoms with Gasteiger partial charge in [0.1, 0.15) is 0 Å². The van der Waals surface area contributed by atoms with Crippen molar-refractivity contribution in [2.75, 3.05) is 0 Å². The number of rotatable bonds is 6. The Balaban J connectivity index is 1.99. The molecule has 2 aromatic rings. The van der Waals surface area contributed by atoms with Gasteiger partial charge >= 0.3 is 306 Å². The van der Waals surface area contributed by atoms with Crippen LogP contribution in [0.25, 0.3) is 0 Å². The predicted molar refractivity (Wildman–Crippen MR) is 212 cm³/mol. The first kappa shape index (κ1) is 37.9. The van der Waals surface area contributed by atoms with Crippen LogP contribution in [0.2, 0.25) is 0 Å². The van der Waals surface area contributed by atoms with E-state index in [-0.39, 0.29) is 0 Å². The number of hydrogen-bond donors (Lipinski definition) is 0. The fraction of sp³-hybridized carbons (Fsp3) is 0.600. The van der Waals surface area contributed by atoms with Gasteiger partial charge in [0.15, 0.2) is 0 Å². The van der Waals surface area contributed by atoms with E-state index in [4.69, 9.17) is 29.8 Å². The molecule has 3 heterocycles. The molecule has 42 heavy (non-hydrogen) atoms. The molecule has 6 bridgehead atoms. The van der Waals surface area contributed by atoms with Gasteiger partial charge in [0.05, 0.1) is 0 Å². The van der Waals surface area contributed by atoms with Crippen molar-refractivity contribution < 1.29 is 0 Å². The topological polar surface area (TPSA) is 0 Å². The fourth-order valence-corrected chi connectivity index (χ4v) is 33.4. The Labute approximate surface area is 301 Å². The van der Waals surface area contributed by atoms with Crippen molar-refractivity contribution in [1.82, 2.24) is 0 Å². The molecule has 3 aliphatic heterocycles. The molecular formula is C30H42As3Cl3S6. The Morgan fingerprint density at radius 2 is 0.500 bits per heavy atom. The van der Waals surface area contributed by atoms with Crippen LogP contribution >= 0.6 is 90.0 Å². The summed E-state index contributed by atoms with van der Waals surface area (Å²) in [5, 5.41) is 0. The van der Waals surface area contributed by atoms with Crippen LogP contribution in [0.1, 0.15) is 108 Å². The zero-order valence-electron chi connectivity index (χ0n) is 25.4. The Hall–Kier alpha value is 3.09. The molecule has 12 heteroatoms. The second-order valence-electron chi connectivity index (χ2n) is 10.1. The van der Waals surface area contributed by atoms with Crippen molar-refractivity contribution in [3.05, 3.63) is 66.8 Å². The molecule has 0 fully saturated rings. The van der Waals surface area contributed by atoms with E-state index in [9.17, 15) is 0 Å². The second kappa shape index (κ2) is 18.7. The van der Waals surface area contributed by atoms with Crippen molar-refractivity contribution in [3.8, 4) is 0 Å². The summed E-state index contributed by atoms with van der Waals surface area (Å²) in [4.78, 5) is 0. The van der Waals surface area contributed by atoms with E-state index >= 15 is 0 Å². The number of fused-ring (bicyclic) bond motifs is 12. The van der Waals surface area contributed by atoms with Crippen LogP contribution in [0, 0.1) is 0 Å². The van der Waals surface area contributed by atoms with E-state index < -0.39 is 34.2 Å². The van der Waals surface area contributed by atoms with Gasteiger partial charge in [0.25, 0.3) is 0 Å². The van der Waals surface area contributed by atoms with Crippen LogP contribution in [-0.2, 0) is 73.0 Å². The first-order valence-corrected chi connectivity index (χ1v) is 41.7. The molecular weight excluding hydrogens is 884 g/mol. The fourth-order valence-electron chi connectivity index (χ4n) is 6.60. The maximum atomic E-state index is 7.32. The van der Waals surface area contributed by atoms with E-state index in [1.54, 1.807) is 66.8 Å². The number of hydrogen-bond acceptors (Lipinski definition) is 6. The molecule has 0 saturated carbocycles. The third-order valence-corrected chi connectivity index (χ3v) is 43.6. The predicted octanol–water partition coefficient (Wildman–Crippen LogP) is 11.9. The van der Waals surface area contributed by atoms with E-state index in [2.05, 4.69) is 102 Å². The first-order valence-electron chi connectivity index (χ1n) is 14.8. The summed E-state index contributed by atoms with van der Waals surface area (Å²) in [5.41, 5.74) is 19.1. The summed E-state index contributed by atoms with van der Waals surface area (Å²) < 4.78 is 0. The molecule has 2 aromatic carbocycles. The summed E-state index contributed by atoms with van der Waals surface area (Å²) in [6, 6.07) is 0. The van der Waals surface area contributed by atoms with Crippen LogP contribution in [0.5, 0.6) is 0 Å². The molecule has 5 rings (SSSR count). The molecule has 0 saturated heterocycles. The molecule has 0 amide bonds. The Bertz CT molecular complexity index is 966. The van der Waals surface area contributed by atoms with E-state index in [0.717, 1.165) is 73.0 Å². The van der Waals surface area contributed by atoms with Crippen molar-refractivity contribution in [3.63, 3.8) is 0 Å². The average molecular weight is 926 g/mol. The summed E-state index contributed by atoms with van der Waals surface area (Å²) >= 11 is -4.90. The summed E-state index contributed by atoms with van der Waals surface area (Å²) in [6.07, 6.45) is 6.50. The van der Waals surface area contributed by atoms with E-state index in [1.807, 2.05) is 0 Å². The second-order valence-corrected chi connectivity index (χ2v) is 52.4. The molecule has 0 aromatic heterocycles. The number of halogens is 3. The van der Waals surface area contributed by atoms with Crippen LogP contribution in [0.15, 0.2) is 0 Å². The van der Waals surface area contributed by atoms with Crippen molar-refractivity contribution in [2.24, 2.45) is 0 Å². The maximum absolute atomic E-state index is 7.32. The SMILES string of the molecule is CCc1c2c(CC)c3c(CC)c1CS[As](Cl)SCc1c(CC)c(c(CC)c(c1CC)CS[As](Cl)SC3)CS[As](Cl)SC2. The van der Waals surface area contributed by atoms with Gasteiger partial charge in [-0.2, -0.15) is 0 Å². The molecule has 0 unspecified atom stereocenters. The van der Waals surface area contributed by atoms with Crippen LogP contribution < -0.4 is 0 Å². The van der Waals surface area contributed by atoms with E-state index in [1.165, 1.54) is 0 Å². The average Bonchev–Trinajstić information content (AvgIpc) is 2.99. The zero-order valence-corrected chi connectivity index (χ0v) is 38.2. The molecule has 0 spiro atoms. The minimum absolute atomic E-state index is 1.04. The van der Waals surface area contributed by atoms with Crippen LogP contribution in [0.4, 0.5) is 0 Å². The van der Waals surface area contributed by atoms with Gasteiger partial charge in [-0.05, 0) is 0 Å². The quantitative estimate of drug-likeness (QED) is 0.263. The molecule has 0 N–H and O–H groups in total. The van der Waals surface area contributed by atoms with Gasteiger partial charge in [0, 0.05) is 0 Å². The Morgan fingerprint density at radius 1 is 0.357 bits per heavy atom. The van der Waals surface area contributed by atoms with Gasteiger partial charge in [-0.3, -0.25) is 0 Å². The van der Waals surface area contributed by atoms with Gasteiger partial charge in [-0.15, -0.1) is 0 Å². The Kier molecular flexibility index (Phi) is 16.9. The normalized spacial score (nSPS) is 22.1. The molecule has 0 nitrogen and oxygen atoms in total. The monoisotopic (exact) mass is 924 g/mol. The standard InChI is InChI=1S/C30H42As3Cl3S6/c1-7-19-25-13-37-31(34)40-16-28-22(10-4)29-17-41-32(35)38-14-26(19)21(9-3)27(20(25)8-2)15-39-33(36)42-18-30(23(28)11-5)24(29)12-6/h7-18H2,1-6H3. The third kappa shape index (κ3) is 8.81. The summed E-state index contributed by atoms with van der Waals surface area (Å²) in [6.45, 7) is 14.2. The third-order valence-electron chi connectivity index (χ3n) is 8.35. The van der Waals surface area contributed by atoms with Gasteiger partial charge in [-0.25, -0.2) is 0 Å². The molecule has 0 radical (unpaired) electrons. The first-order chi connectivity index (χ1) is 20.3. The van der Waals surface area contributed by atoms with Gasteiger partial charge < -0.3 is 0 Å². The van der Waals surface area contributed by atoms with Crippen molar-refractivity contribution in [1.29, 1.82) is 0 Å². The van der Waals surface area contributed by atoms with Gasteiger partial charge in [0.2, 0.25) is 0 Å². The molecule has 0 aliphatic carbocycles. The van der Waals surface area contributed by atoms with E-state index in [0.29, 0.717) is 0 Å².